The minimum absolute atomic E-state index is 0.159. The molecule has 0 unspecified atom stereocenters. The Balaban J connectivity index is 1.33. The van der Waals surface area contributed by atoms with Crippen molar-refractivity contribution in [2.75, 3.05) is 0 Å². The van der Waals surface area contributed by atoms with Crippen molar-refractivity contribution in [2.24, 2.45) is 0 Å². The first-order valence-electron chi connectivity index (χ1n) is 8.68. The van der Waals surface area contributed by atoms with Crippen LogP contribution in [0.1, 0.15) is 45.8 Å². The van der Waals surface area contributed by atoms with Gasteiger partial charge in [0.1, 0.15) is 12.4 Å². The molecule has 1 fully saturated rings. The van der Waals surface area contributed by atoms with E-state index in [4.69, 9.17) is 17.0 Å². The quantitative estimate of drug-likeness (QED) is 0.592. The number of carbonyl (C=O) groups excluding carboxylic acids is 1. The predicted octanol–water partition coefficient (Wildman–Crippen LogP) is 3.55. The van der Waals surface area contributed by atoms with Crippen LogP contribution in [0.2, 0.25) is 0 Å². The van der Waals surface area contributed by atoms with Gasteiger partial charge < -0.3 is 10.1 Å². The normalized spacial score (nSPS) is 13.5. The van der Waals surface area contributed by atoms with Gasteiger partial charge in [-0.05, 0) is 56.2 Å². The Morgan fingerprint density at radius 3 is 2.85 bits per heavy atom. The minimum Gasteiger partial charge on any atom is -0.487 e. The highest BCUT2D eigenvalue weighted by molar-refractivity contribution is 7.71. The summed E-state index contributed by atoms with van der Waals surface area (Å²) >= 11 is 6.85. The number of thiazole rings is 1. The number of nitrogens with zero attached hydrogens (tertiary/aromatic N) is 3. The van der Waals surface area contributed by atoms with Crippen LogP contribution in [0.4, 0.5) is 0 Å². The monoisotopic (exact) mass is 401 g/mol. The van der Waals surface area contributed by atoms with Gasteiger partial charge in [0, 0.05) is 17.0 Å². The maximum atomic E-state index is 12.4. The third-order valence-corrected chi connectivity index (χ3v) is 5.38. The standard InChI is InChI=1S/C18H19N5O2S2/c1-11-20-13(10-27-11)9-25-15-6-2-12(3-7-15)17(24)19-8-16-21-22-18(26)23(16)14-4-5-14/h2-3,6-7,10,14H,4-5,8-9H2,1H3,(H,19,24)(H,22,26). The number of aryl methyl sites for hydroxylation is 1. The summed E-state index contributed by atoms with van der Waals surface area (Å²) in [7, 11) is 0. The molecule has 140 valence electrons. The zero-order chi connectivity index (χ0) is 18.8. The number of ether oxygens (including phenoxy) is 1. The lowest BCUT2D eigenvalue weighted by molar-refractivity contribution is 0.0949. The lowest BCUT2D eigenvalue weighted by Gasteiger charge is -2.08. The molecule has 1 saturated carbocycles. The third-order valence-electron chi connectivity index (χ3n) is 4.27. The Morgan fingerprint density at radius 2 is 2.19 bits per heavy atom. The molecule has 3 aromatic rings. The van der Waals surface area contributed by atoms with Crippen molar-refractivity contribution in [2.45, 2.75) is 39.0 Å². The van der Waals surface area contributed by atoms with E-state index in [2.05, 4.69) is 20.5 Å². The van der Waals surface area contributed by atoms with Crippen LogP contribution in [-0.2, 0) is 13.2 Å². The van der Waals surface area contributed by atoms with Gasteiger partial charge in [0.15, 0.2) is 10.6 Å². The summed E-state index contributed by atoms with van der Waals surface area (Å²) in [6.07, 6.45) is 2.22. The Bertz CT molecular complexity index is 1000. The SMILES string of the molecule is Cc1nc(COc2ccc(C(=O)NCc3n[nH]c(=S)n3C3CC3)cc2)cs1. The molecular weight excluding hydrogens is 382 g/mol. The average Bonchev–Trinajstić information content (AvgIpc) is 3.32. The topological polar surface area (TPSA) is 84.8 Å². The zero-order valence-corrected chi connectivity index (χ0v) is 16.4. The number of hydrogen-bond acceptors (Lipinski definition) is 6. The Labute approximate surface area is 165 Å². The van der Waals surface area contributed by atoms with Gasteiger partial charge in [-0.1, -0.05) is 0 Å². The Hall–Kier alpha value is -2.52. The fraction of sp³-hybridized carbons (Fsp3) is 0.333. The number of carbonyl (C=O) groups is 1. The minimum atomic E-state index is -0.159. The van der Waals surface area contributed by atoms with Crippen LogP contribution in [0.5, 0.6) is 5.75 Å². The number of benzene rings is 1. The number of H-pyrrole nitrogens is 1. The second kappa shape index (κ2) is 7.61. The van der Waals surface area contributed by atoms with E-state index < -0.39 is 0 Å². The lowest BCUT2D eigenvalue weighted by atomic mass is 10.2. The van der Waals surface area contributed by atoms with Gasteiger partial charge in [0.2, 0.25) is 0 Å². The van der Waals surface area contributed by atoms with Crippen molar-refractivity contribution in [1.29, 1.82) is 0 Å². The van der Waals surface area contributed by atoms with E-state index in [0.29, 0.717) is 35.3 Å². The molecule has 27 heavy (non-hydrogen) atoms. The summed E-state index contributed by atoms with van der Waals surface area (Å²) < 4.78 is 8.31. The highest BCUT2D eigenvalue weighted by Gasteiger charge is 2.27. The summed E-state index contributed by atoms with van der Waals surface area (Å²) in [5.74, 6) is 1.30. The summed E-state index contributed by atoms with van der Waals surface area (Å²) in [6, 6.07) is 7.48. The van der Waals surface area contributed by atoms with E-state index in [9.17, 15) is 4.79 Å². The molecule has 1 aliphatic carbocycles. The van der Waals surface area contributed by atoms with Crippen molar-refractivity contribution in [3.63, 3.8) is 0 Å². The molecule has 2 N–H and O–H groups in total. The highest BCUT2D eigenvalue weighted by atomic mass is 32.1. The molecule has 0 saturated heterocycles. The number of aromatic amines is 1. The molecule has 1 aliphatic rings. The maximum absolute atomic E-state index is 12.4. The van der Waals surface area contributed by atoms with Crippen LogP contribution >= 0.6 is 23.6 Å². The molecule has 0 spiro atoms. The predicted molar refractivity (Wildman–Crippen MR) is 104 cm³/mol. The lowest BCUT2D eigenvalue weighted by Crippen LogP contribution is -2.24. The molecule has 1 amide bonds. The smallest absolute Gasteiger partial charge is 0.251 e. The van der Waals surface area contributed by atoms with E-state index >= 15 is 0 Å². The molecule has 0 bridgehead atoms. The van der Waals surface area contributed by atoms with Gasteiger partial charge in [0.05, 0.1) is 17.2 Å². The third kappa shape index (κ3) is 4.25. The van der Waals surface area contributed by atoms with E-state index in [-0.39, 0.29) is 5.91 Å². The van der Waals surface area contributed by atoms with Gasteiger partial charge in [-0.2, -0.15) is 5.10 Å². The second-order valence-electron chi connectivity index (χ2n) is 6.40. The number of aromatic nitrogens is 4. The molecule has 1 aromatic carbocycles. The van der Waals surface area contributed by atoms with Crippen LogP contribution in [0.15, 0.2) is 29.6 Å². The van der Waals surface area contributed by atoms with Crippen LogP contribution in [0, 0.1) is 11.7 Å². The summed E-state index contributed by atoms with van der Waals surface area (Å²) in [5, 5.41) is 12.9. The Kier molecular flexibility index (Phi) is 5.04. The van der Waals surface area contributed by atoms with Crippen molar-refractivity contribution in [3.05, 3.63) is 56.5 Å². The number of nitrogens with one attached hydrogen (secondary N) is 2. The molecule has 2 heterocycles. The van der Waals surface area contributed by atoms with Gasteiger partial charge in [-0.3, -0.25) is 14.5 Å². The second-order valence-corrected chi connectivity index (χ2v) is 7.85. The fourth-order valence-electron chi connectivity index (χ4n) is 2.77. The van der Waals surface area contributed by atoms with E-state index in [0.717, 1.165) is 29.4 Å². The molecule has 0 radical (unpaired) electrons. The van der Waals surface area contributed by atoms with Crippen molar-refractivity contribution < 1.29 is 9.53 Å². The van der Waals surface area contributed by atoms with Gasteiger partial charge >= 0.3 is 0 Å². The van der Waals surface area contributed by atoms with Crippen molar-refractivity contribution >= 4 is 29.5 Å². The molecule has 9 heteroatoms. The molecule has 2 aromatic heterocycles. The summed E-state index contributed by atoms with van der Waals surface area (Å²) in [6.45, 7) is 2.72. The van der Waals surface area contributed by atoms with Crippen LogP contribution < -0.4 is 10.1 Å². The maximum Gasteiger partial charge on any atom is 0.251 e. The van der Waals surface area contributed by atoms with E-state index in [1.807, 2.05) is 16.9 Å². The average molecular weight is 402 g/mol. The van der Waals surface area contributed by atoms with Crippen molar-refractivity contribution in [3.8, 4) is 5.75 Å². The largest absolute Gasteiger partial charge is 0.487 e. The fourth-order valence-corrected chi connectivity index (χ4v) is 3.66. The van der Waals surface area contributed by atoms with E-state index in [1.165, 1.54) is 0 Å². The summed E-state index contributed by atoms with van der Waals surface area (Å²) in [5.41, 5.74) is 1.47. The molecule has 7 nitrogen and oxygen atoms in total. The first-order valence-corrected chi connectivity index (χ1v) is 9.97. The van der Waals surface area contributed by atoms with Gasteiger partial charge in [0.25, 0.3) is 5.91 Å². The number of rotatable bonds is 7. The van der Waals surface area contributed by atoms with Crippen LogP contribution in [0.25, 0.3) is 0 Å². The number of hydrogen-bond donors (Lipinski definition) is 2. The van der Waals surface area contributed by atoms with Gasteiger partial charge in [-0.25, -0.2) is 4.98 Å². The molecular formula is C18H19N5O2S2. The first-order chi connectivity index (χ1) is 13.1. The van der Waals surface area contributed by atoms with E-state index in [1.54, 1.807) is 35.6 Å². The molecule has 0 aliphatic heterocycles. The van der Waals surface area contributed by atoms with Crippen LogP contribution in [0.3, 0.4) is 0 Å². The van der Waals surface area contributed by atoms with Crippen LogP contribution in [-0.4, -0.2) is 25.7 Å². The Morgan fingerprint density at radius 1 is 1.41 bits per heavy atom. The number of amides is 1. The highest BCUT2D eigenvalue weighted by Crippen LogP contribution is 2.35. The molecule has 4 rings (SSSR count). The first kappa shape index (κ1) is 17.9. The van der Waals surface area contributed by atoms with Crippen molar-refractivity contribution in [1.82, 2.24) is 25.1 Å². The summed E-state index contributed by atoms with van der Waals surface area (Å²) in [4.78, 5) is 16.7. The molecule has 0 atom stereocenters. The zero-order valence-electron chi connectivity index (χ0n) is 14.8. The van der Waals surface area contributed by atoms with Gasteiger partial charge in [-0.15, -0.1) is 11.3 Å².